The molecule has 2 nitrogen and oxygen atoms in total. The molecule has 0 atom stereocenters. The second-order valence-electron chi connectivity index (χ2n) is 19.7. The molecular formula is C67H54N2. The van der Waals surface area contributed by atoms with Crippen molar-refractivity contribution in [3.63, 3.8) is 0 Å². The summed E-state index contributed by atoms with van der Waals surface area (Å²) in [5.74, 6) is 0. The fraction of sp³-hybridized carbons (Fsp3) is 0.104. The molecule has 0 aromatic heterocycles. The van der Waals surface area contributed by atoms with E-state index in [-0.39, 0.29) is 10.8 Å². The summed E-state index contributed by atoms with van der Waals surface area (Å²) in [6, 6.07) is 94.2. The summed E-state index contributed by atoms with van der Waals surface area (Å²) in [7, 11) is 0. The first-order chi connectivity index (χ1) is 33.7. The average molecular weight is 887 g/mol. The molecule has 0 radical (unpaired) electrons. The quantitative estimate of drug-likeness (QED) is 0.126. The molecule has 0 bridgehead atoms. The molecule has 0 aliphatic heterocycles. The zero-order valence-electron chi connectivity index (χ0n) is 39.6. The van der Waals surface area contributed by atoms with Crippen LogP contribution in [0.15, 0.2) is 255 Å². The minimum Gasteiger partial charge on any atom is -0.310 e. The lowest BCUT2D eigenvalue weighted by molar-refractivity contribution is 0.660. The van der Waals surface area contributed by atoms with Gasteiger partial charge in [-0.25, -0.2) is 0 Å². The van der Waals surface area contributed by atoms with Gasteiger partial charge in [-0.2, -0.15) is 0 Å². The summed E-state index contributed by atoms with van der Waals surface area (Å²) in [5, 5.41) is 0. The van der Waals surface area contributed by atoms with Crippen molar-refractivity contribution in [3.8, 4) is 22.3 Å². The molecule has 0 heterocycles. The summed E-state index contributed by atoms with van der Waals surface area (Å²) in [5.41, 5.74) is 21.3. The Kier molecular flexibility index (Phi) is 10.1. The Morgan fingerprint density at radius 3 is 1.04 bits per heavy atom. The summed E-state index contributed by atoms with van der Waals surface area (Å²) in [4.78, 5) is 4.84. The number of fused-ring (bicyclic) bond motifs is 6. The lowest BCUT2D eigenvalue weighted by Gasteiger charge is -2.38. The average Bonchev–Trinajstić information content (AvgIpc) is 3.77. The van der Waals surface area contributed by atoms with E-state index in [0.29, 0.717) is 0 Å². The van der Waals surface area contributed by atoms with Crippen LogP contribution in [0.2, 0.25) is 0 Å². The van der Waals surface area contributed by atoms with Gasteiger partial charge in [0, 0.05) is 45.0 Å². The van der Waals surface area contributed by atoms with Crippen molar-refractivity contribution in [2.24, 2.45) is 0 Å². The summed E-state index contributed by atoms with van der Waals surface area (Å²) in [6.45, 7) is 9.43. The predicted molar refractivity (Wildman–Crippen MR) is 289 cm³/mol. The SMILES string of the molecule is CC1(C)c2ccccc2-c2ccc(N(c3ccccc3)c3ccc(C(c4ccccc4)(c4ccccc4)c4cccc(N(c5ccccc5)c5ccc6c(c5)C(C)(C)c5ccccc5-6)c4)cc3)cc21. The van der Waals surface area contributed by atoms with Crippen molar-refractivity contribution in [1.29, 1.82) is 0 Å². The maximum Gasteiger partial charge on any atom is 0.0702 e. The van der Waals surface area contributed by atoms with Crippen molar-refractivity contribution < 1.29 is 0 Å². The van der Waals surface area contributed by atoms with Crippen molar-refractivity contribution in [2.45, 2.75) is 43.9 Å². The Hall–Kier alpha value is -8.20. The van der Waals surface area contributed by atoms with Crippen molar-refractivity contribution >= 4 is 34.1 Å². The molecule has 10 aromatic carbocycles. The number of nitrogens with zero attached hydrogens (tertiary/aromatic N) is 2. The first-order valence-corrected chi connectivity index (χ1v) is 24.3. The number of hydrogen-bond acceptors (Lipinski definition) is 2. The van der Waals surface area contributed by atoms with E-state index < -0.39 is 5.41 Å². The minimum atomic E-state index is -0.679. The fourth-order valence-corrected chi connectivity index (χ4v) is 11.8. The molecule has 0 saturated carbocycles. The molecule has 69 heavy (non-hydrogen) atoms. The first-order valence-electron chi connectivity index (χ1n) is 24.3. The third kappa shape index (κ3) is 6.77. The van der Waals surface area contributed by atoms with Gasteiger partial charge in [0.25, 0.3) is 0 Å². The van der Waals surface area contributed by atoms with Crippen molar-refractivity contribution in [1.82, 2.24) is 0 Å². The molecule has 2 aliphatic rings. The third-order valence-corrected chi connectivity index (χ3v) is 15.2. The highest BCUT2D eigenvalue weighted by Gasteiger charge is 2.40. The van der Waals surface area contributed by atoms with E-state index in [2.05, 4.69) is 292 Å². The van der Waals surface area contributed by atoms with Crippen LogP contribution < -0.4 is 9.80 Å². The number of rotatable bonds is 10. The van der Waals surface area contributed by atoms with E-state index in [0.717, 1.165) is 34.1 Å². The normalized spacial score (nSPS) is 13.7. The topological polar surface area (TPSA) is 6.48 Å². The van der Waals surface area contributed by atoms with Crippen LogP contribution in [0.4, 0.5) is 34.1 Å². The maximum absolute atomic E-state index is 2.43. The van der Waals surface area contributed by atoms with E-state index in [1.807, 2.05) is 0 Å². The Morgan fingerprint density at radius 1 is 0.246 bits per heavy atom. The second kappa shape index (κ2) is 16.5. The molecule has 0 unspecified atom stereocenters. The monoisotopic (exact) mass is 886 g/mol. The van der Waals surface area contributed by atoms with Gasteiger partial charge in [-0.1, -0.05) is 210 Å². The molecule has 10 aromatic rings. The van der Waals surface area contributed by atoms with Crippen LogP contribution in [0.3, 0.4) is 0 Å². The summed E-state index contributed by atoms with van der Waals surface area (Å²) < 4.78 is 0. The Bertz CT molecular complexity index is 3440. The van der Waals surface area contributed by atoms with Gasteiger partial charge in [0.1, 0.15) is 0 Å². The van der Waals surface area contributed by atoms with Crippen molar-refractivity contribution in [2.75, 3.05) is 9.80 Å². The van der Waals surface area contributed by atoms with Gasteiger partial charge >= 0.3 is 0 Å². The number of anilines is 6. The molecule has 332 valence electrons. The molecule has 2 heteroatoms. The second-order valence-corrected chi connectivity index (χ2v) is 19.7. The van der Waals surface area contributed by atoms with Gasteiger partial charge in [-0.3, -0.25) is 0 Å². The summed E-state index contributed by atoms with van der Waals surface area (Å²) in [6.07, 6.45) is 0. The molecule has 2 aliphatic carbocycles. The Balaban J connectivity index is 1.03. The van der Waals surface area contributed by atoms with Gasteiger partial charge in [0.15, 0.2) is 0 Å². The fourth-order valence-electron chi connectivity index (χ4n) is 11.8. The zero-order valence-corrected chi connectivity index (χ0v) is 39.6. The molecule has 0 fully saturated rings. The maximum atomic E-state index is 2.43. The Labute approximate surface area is 407 Å². The van der Waals surface area contributed by atoms with E-state index in [9.17, 15) is 0 Å². The highest BCUT2D eigenvalue weighted by atomic mass is 15.1. The lowest BCUT2D eigenvalue weighted by atomic mass is 9.65. The number of hydrogen-bond donors (Lipinski definition) is 0. The van der Waals surface area contributed by atoms with E-state index in [4.69, 9.17) is 0 Å². The van der Waals surface area contributed by atoms with E-state index >= 15 is 0 Å². The van der Waals surface area contributed by atoms with Crippen LogP contribution in [0.1, 0.15) is 72.2 Å². The van der Waals surface area contributed by atoms with Crippen LogP contribution in [-0.4, -0.2) is 0 Å². The standard InChI is InChI=1S/C67H54N2/c1-65(2)61-34-19-17-32-57(61)59-42-40-55(45-63(59)65)68(51-27-13-7-14-28-51)53-38-36-49(37-39-53)67(47-22-9-5-10-23-47,48-24-11-6-12-25-48)50-26-21-31-54(44-50)69(52-29-15-8-16-30-52)56-41-43-60-58-33-18-20-35-62(58)66(3,4)64(60)46-56/h5-46H,1-4H3. The molecule has 0 N–H and O–H groups in total. The van der Waals surface area contributed by atoms with Crippen LogP contribution in [-0.2, 0) is 16.2 Å². The van der Waals surface area contributed by atoms with Crippen LogP contribution in [0, 0.1) is 0 Å². The number of para-hydroxylation sites is 2. The van der Waals surface area contributed by atoms with Gasteiger partial charge in [-0.15, -0.1) is 0 Å². The van der Waals surface area contributed by atoms with Crippen molar-refractivity contribution in [3.05, 3.63) is 299 Å². The van der Waals surface area contributed by atoms with Gasteiger partial charge in [0.05, 0.1) is 5.41 Å². The molecule has 0 amide bonds. The first kappa shape index (κ1) is 42.2. The zero-order chi connectivity index (χ0) is 46.7. The van der Waals surface area contributed by atoms with Crippen LogP contribution in [0.5, 0.6) is 0 Å². The van der Waals surface area contributed by atoms with E-state index in [1.54, 1.807) is 0 Å². The largest absolute Gasteiger partial charge is 0.310 e. The predicted octanol–water partition coefficient (Wildman–Crippen LogP) is 17.6. The number of benzene rings is 10. The van der Waals surface area contributed by atoms with Crippen LogP contribution >= 0.6 is 0 Å². The van der Waals surface area contributed by atoms with Gasteiger partial charge in [-0.05, 0) is 140 Å². The van der Waals surface area contributed by atoms with E-state index in [1.165, 1.54) is 66.8 Å². The molecule has 12 rings (SSSR count). The highest BCUT2D eigenvalue weighted by Crippen LogP contribution is 2.53. The molecule has 0 saturated heterocycles. The third-order valence-electron chi connectivity index (χ3n) is 15.2. The minimum absolute atomic E-state index is 0.118. The van der Waals surface area contributed by atoms with Gasteiger partial charge < -0.3 is 9.80 Å². The smallest absolute Gasteiger partial charge is 0.0702 e. The highest BCUT2D eigenvalue weighted by molar-refractivity contribution is 5.87. The Morgan fingerprint density at radius 2 is 0.565 bits per heavy atom. The molecular weight excluding hydrogens is 833 g/mol. The molecule has 0 spiro atoms. The lowest BCUT2D eigenvalue weighted by Crippen LogP contribution is -2.31. The van der Waals surface area contributed by atoms with Crippen LogP contribution in [0.25, 0.3) is 22.3 Å². The summed E-state index contributed by atoms with van der Waals surface area (Å²) >= 11 is 0. The van der Waals surface area contributed by atoms with Gasteiger partial charge in [0.2, 0.25) is 0 Å².